The highest BCUT2D eigenvalue weighted by Crippen LogP contribution is 2.27. The van der Waals surface area contributed by atoms with Gasteiger partial charge in [0.2, 0.25) is 10.0 Å². The highest BCUT2D eigenvalue weighted by molar-refractivity contribution is 7.89. The molecule has 0 radical (unpaired) electrons. The number of aliphatic hydroxyl groups excluding tert-OH is 1. The first-order chi connectivity index (χ1) is 13.4. The predicted octanol–water partition coefficient (Wildman–Crippen LogP) is 2.74. The number of carbonyl (C=O) groups is 1. The lowest BCUT2D eigenvalue weighted by Gasteiger charge is -2.38. The molecule has 2 atom stereocenters. The molecule has 158 valence electrons. The van der Waals surface area contributed by atoms with Gasteiger partial charge in [-0.25, -0.2) is 17.9 Å². The van der Waals surface area contributed by atoms with Crippen LogP contribution in [0.15, 0.2) is 29.2 Å². The number of anilines is 1. The molecule has 1 heterocycles. The second-order valence-electron chi connectivity index (χ2n) is 7.35. The summed E-state index contributed by atoms with van der Waals surface area (Å²) in [5.74, 6) is -1.11. The smallest absolute Gasteiger partial charge is 0.329 e. The number of carboxylic acids is 1. The Morgan fingerprint density at radius 2 is 1.93 bits per heavy atom. The highest BCUT2D eigenvalue weighted by atomic mass is 32.2. The second kappa shape index (κ2) is 10.8. The first kappa shape index (κ1) is 22.6. The average molecular weight is 413 g/mol. The van der Waals surface area contributed by atoms with Gasteiger partial charge >= 0.3 is 5.97 Å². The molecule has 8 heteroatoms. The minimum atomic E-state index is -3.66. The maximum atomic E-state index is 12.6. The molecule has 28 heavy (non-hydrogen) atoms. The standard InChI is InChI=1S/C20H32N2O5S/c1-2-3-4-5-6-7-13-21-28(26,27)17-11-8-10-16(15-17)22-14-9-12-18(23)19(22)20(24)25/h8,10-11,15,18-19,21,23H,2-7,9,12-14H2,1H3,(H,24,25). The molecule has 2 rings (SSSR count). The van der Waals surface area contributed by atoms with Crippen molar-refractivity contribution in [1.82, 2.24) is 4.72 Å². The van der Waals surface area contributed by atoms with E-state index in [-0.39, 0.29) is 4.90 Å². The summed E-state index contributed by atoms with van der Waals surface area (Å²) in [6.45, 7) is 3.01. The Labute approximate surface area is 167 Å². The molecule has 1 fully saturated rings. The van der Waals surface area contributed by atoms with E-state index in [1.165, 1.54) is 31.4 Å². The van der Waals surface area contributed by atoms with Crippen LogP contribution in [0.3, 0.4) is 0 Å². The van der Waals surface area contributed by atoms with Gasteiger partial charge in [0.05, 0.1) is 11.0 Å². The van der Waals surface area contributed by atoms with Crippen LogP contribution in [-0.4, -0.2) is 49.8 Å². The minimum Gasteiger partial charge on any atom is -0.480 e. The van der Waals surface area contributed by atoms with E-state index < -0.39 is 28.1 Å². The third-order valence-electron chi connectivity index (χ3n) is 5.13. The number of aliphatic hydroxyl groups is 1. The summed E-state index contributed by atoms with van der Waals surface area (Å²) in [6, 6.07) is 5.21. The summed E-state index contributed by atoms with van der Waals surface area (Å²) >= 11 is 0. The van der Waals surface area contributed by atoms with E-state index in [0.717, 1.165) is 19.3 Å². The maximum absolute atomic E-state index is 12.6. The number of rotatable bonds is 11. The number of sulfonamides is 1. The molecule has 7 nitrogen and oxygen atoms in total. The Morgan fingerprint density at radius 1 is 1.21 bits per heavy atom. The van der Waals surface area contributed by atoms with Crippen LogP contribution in [0.2, 0.25) is 0 Å². The SMILES string of the molecule is CCCCCCCCNS(=O)(=O)c1cccc(N2CCCC(O)C2C(=O)O)c1. The lowest BCUT2D eigenvalue weighted by molar-refractivity contribution is -0.142. The third kappa shape index (κ3) is 6.18. The fourth-order valence-corrected chi connectivity index (χ4v) is 4.70. The fraction of sp³-hybridized carbons (Fsp3) is 0.650. The number of piperidine rings is 1. The Kier molecular flexibility index (Phi) is 8.72. The number of nitrogens with one attached hydrogen (secondary N) is 1. The van der Waals surface area contributed by atoms with E-state index in [0.29, 0.717) is 31.6 Å². The van der Waals surface area contributed by atoms with Gasteiger partial charge in [-0.15, -0.1) is 0 Å². The monoisotopic (exact) mass is 412 g/mol. The van der Waals surface area contributed by atoms with Gasteiger partial charge in [0.25, 0.3) is 0 Å². The van der Waals surface area contributed by atoms with E-state index in [9.17, 15) is 23.4 Å². The lowest BCUT2D eigenvalue weighted by atomic mass is 9.98. The van der Waals surface area contributed by atoms with Crippen molar-refractivity contribution >= 4 is 21.7 Å². The third-order valence-corrected chi connectivity index (χ3v) is 6.59. The molecule has 1 aromatic carbocycles. The molecule has 0 aliphatic carbocycles. The van der Waals surface area contributed by atoms with Crippen molar-refractivity contribution < 1.29 is 23.4 Å². The summed E-state index contributed by atoms with van der Waals surface area (Å²) in [5, 5.41) is 19.5. The lowest BCUT2D eigenvalue weighted by Crippen LogP contribution is -2.53. The zero-order chi connectivity index (χ0) is 20.6. The Bertz CT molecular complexity index is 738. The molecule has 1 saturated heterocycles. The largest absolute Gasteiger partial charge is 0.480 e. The fourth-order valence-electron chi connectivity index (χ4n) is 3.59. The molecule has 1 aliphatic heterocycles. The molecule has 0 saturated carbocycles. The molecular formula is C20H32N2O5S. The van der Waals surface area contributed by atoms with Gasteiger partial charge in [0.15, 0.2) is 6.04 Å². The van der Waals surface area contributed by atoms with E-state index in [1.54, 1.807) is 17.0 Å². The number of unbranched alkanes of at least 4 members (excludes halogenated alkanes) is 5. The van der Waals surface area contributed by atoms with Crippen LogP contribution in [0.25, 0.3) is 0 Å². The minimum absolute atomic E-state index is 0.111. The van der Waals surface area contributed by atoms with Crippen LogP contribution in [-0.2, 0) is 14.8 Å². The summed E-state index contributed by atoms with van der Waals surface area (Å²) in [5.41, 5.74) is 0.494. The van der Waals surface area contributed by atoms with Crippen molar-refractivity contribution in [2.75, 3.05) is 18.0 Å². The van der Waals surface area contributed by atoms with E-state index in [4.69, 9.17) is 0 Å². The van der Waals surface area contributed by atoms with Gasteiger partial charge < -0.3 is 15.1 Å². The van der Waals surface area contributed by atoms with Crippen molar-refractivity contribution in [3.63, 3.8) is 0 Å². The molecular weight excluding hydrogens is 380 g/mol. The number of benzene rings is 1. The van der Waals surface area contributed by atoms with Crippen LogP contribution in [0.5, 0.6) is 0 Å². The molecule has 0 aromatic heterocycles. The van der Waals surface area contributed by atoms with Crippen molar-refractivity contribution in [1.29, 1.82) is 0 Å². The number of hydrogen-bond donors (Lipinski definition) is 3. The second-order valence-corrected chi connectivity index (χ2v) is 9.12. The highest BCUT2D eigenvalue weighted by Gasteiger charge is 2.36. The average Bonchev–Trinajstić information content (AvgIpc) is 2.67. The van der Waals surface area contributed by atoms with Crippen LogP contribution in [0.1, 0.15) is 58.3 Å². The van der Waals surface area contributed by atoms with Gasteiger partial charge in [-0.3, -0.25) is 0 Å². The maximum Gasteiger partial charge on any atom is 0.329 e. The quantitative estimate of drug-likeness (QED) is 0.483. The zero-order valence-corrected chi connectivity index (χ0v) is 17.3. The number of aliphatic carboxylic acids is 1. The van der Waals surface area contributed by atoms with Gasteiger partial charge in [-0.2, -0.15) is 0 Å². The van der Waals surface area contributed by atoms with E-state index >= 15 is 0 Å². The number of carboxylic acid groups (broad SMARTS) is 1. The van der Waals surface area contributed by atoms with Gasteiger partial charge in [0.1, 0.15) is 0 Å². The summed E-state index contributed by atoms with van der Waals surface area (Å²) in [6.07, 6.45) is 6.56. The van der Waals surface area contributed by atoms with Gasteiger partial charge in [-0.05, 0) is 37.5 Å². The van der Waals surface area contributed by atoms with Crippen LogP contribution >= 0.6 is 0 Å². The van der Waals surface area contributed by atoms with Gasteiger partial charge in [-0.1, -0.05) is 45.1 Å². The van der Waals surface area contributed by atoms with Crippen molar-refractivity contribution in [2.45, 2.75) is 75.3 Å². The first-order valence-corrected chi connectivity index (χ1v) is 11.6. The molecule has 0 bridgehead atoms. The molecule has 0 spiro atoms. The van der Waals surface area contributed by atoms with E-state index in [1.807, 2.05) is 0 Å². The molecule has 0 amide bonds. The van der Waals surface area contributed by atoms with Crippen molar-refractivity contribution in [3.05, 3.63) is 24.3 Å². The Hall–Kier alpha value is -1.64. The first-order valence-electron chi connectivity index (χ1n) is 10.1. The van der Waals surface area contributed by atoms with E-state index in [2.05, 4.69) is 11.6 Å². The number of nitrogens with zero attached hydrogens (tertiary/aromatic N) is 1. The molecule has 1 aromatic rings. The van der Waals surface area contributed by atoms with Crippen LogP contribution in [0, 0.1) is 0 Å². The van der Waals surface area contributed by atoms with Crippen molar-refractivity contribution in [3.8, 4) is 0 Å². The van der Waals surface area contributed by atoms with Gasteiger partial charge in [0, 0.05) is 18.8 Å². The van der Waals surface area contributed by atoms with Crippen LogP contribution in [0.4, 0.5) is 5.69 Å². The summed E-state index contributed by atoms with van der Waals surface area (Å²) in [7, 11) is -3.66. The predicted molar refractivity (Wildman–Crippen MR) is 109 cm³/mol. The van der Waals surface area contributed by atoms with Crippen LogP contribution < -0.4 is 9.62 Å². The summed E-state index contributed by atoms with van der Waals surface area (Å²) in [4.78, 5) is 13.3. The van der Waals surface area contributed by atoms with Crippen molar-refractivity contribution in [2.24, 2.45) is 0 Å². The topological polar surface area (TPSA) is 107 Å². The Balaban J connectivity index is 2.02. The molecule has 2 unspecified atom stereocenters. The molecule has 3 N–H and O–H groups in total. The zero-order valence-electron chi connectivity index (χ0n) is 16.5. The summed E-state index contributed by atoms with van der Waals surface area (Å²) < 4.78 is 27.8. The molecule has 1 aliphatic rings. The normalized spacial score (nSPS) is 20.3. The number of hydrogen-bond acceptors (Lipinski definition) is 5. The Morgan fingerprint density at radius 3 is 2.64 bits per heavy atom.